The molecule has 3 rings (SSSR count). The van der Waals surface area contributed by atoms with Crippen LogP contribution in [-0.4, -0.2) is 48.5 Å². The highest BCUT2D eigenvalue weighted by atomic mass is 16.5. The first-order chi connectivity index (χ1) is 13.6. The highest BCUT2D eigenvalue weighted by molar-refractivity contribution is 6.05. The molecule has 1 aromatic carbocycles. The molecule has 7 heteroatoms. The third-order valence-corrected chi connectivity index (χ3v) is 5.51. The second kappa shape index (κ2) is 9.57. The summed E-state index contributed by atoms with van der Waals surface area (Å²) in [5, 5.41) is 5.68. The number of nitrogens with one attached hydrogen (secondary N) is 2. The molecule has 0 aromatic heterocycles. The van der Waals surface area contributed by atoms with Crippen molar-refractivity contribution < 1.29 is 19.1 Å². The Kier molecular flexibility index (Phi) is 6.90. The van der Waals surface area contributed by atoms with Crippen LogP contribution in [-0.2, 0) is 16.0 Å². The standard InChI is InChI=1S/C21H29N3O4/c1-28-18-11-7-6-8-15(18)12-13-24-20(26)17(23-21(24)27)14-19(25)22-16-9-4-2-3-5-10-16/h6-8,11,16-17H,2-5,9-10,12-14H2,1H3,(H,22,25)(H,23,27)/t17-/m1/s1. The summed E-state index contributed by atoms with van der Waals surface area (Å²) in [6, 6.07) is 6.49. The van der Waals surface area contributed by atoms with E-state index in [9.17, 15) is 14.4 Å². The van der Waals surface area contributed by atoms with Crippen molar-refractivity contribution in [3.8, 4) is 5.75 Å². The Hall–Kier alpha value is -2.57. The number of urea groups is 1. The molecule has 152 valence electrons. The Bertz CT molecular complexity index is 713. The number of methoxy groups -OCH3 is 1. The van der Waals surface area contributed by atoms with E-state index in [1.165, 1.54) is 17.7 Å². The molecule has 28 heavy (non-hydrogen) atoms. The number of benzene rings is 1. The van der Waals surface area contributed by atoms with Crippen LogP contribution >= 0.6 is 0 Å². The lowest BCUT2D eigenvalue weighted by atomic mass is 10.1. The summed E-state index contributed by atoms with van der Waals surface area (Å²) in [6.45, 7) is 0.256. The SMILES string of the molecule is COc1ccccc1CCN1C(=O)N[C@H](CC(=O)NC2CCCCCC2)C1=O. The third-order valence-electron chi connectivity index (χ3n) is 5.51. The molecule has 0 bridgehead atoms. The minimum Gasteiger partial charge on any atom is -0.496 e. The average molecular weight is 387 g/mol. The van der Waals surface area contributed by atoms with Crippen molar-refractivity contribution >= 4 is 17.8 Å². The topological polar surface area (TPSA) is 87.7 Å². The van der Waals surface area contributed by atoms with Gasteiger partial charge in [0.1, 0.15) is 11.8 Å². The van der Waals surface area contributed by atoms with Gasteiger partial charge in [0.25, 0.3) is 5.91 Å². The van der Waals surface area contributed by atoms with Gasteiger partial charge in [0, 0.05) is 12.6 Å². The van der Waals surface area contributed by atoms with E-state index in [2.05, 4.69) is 10.6 Å². The van der Waals surface area contributed by atoms with E-state index in [4.69, 9.17) is 4.74 Å². The molecule has 1 aromatic rings. The first-order valence-electron chi connectivity index (χ1n) is 10.1. The Labute approximate surface area is 165 Å². The fourth-order valence-corrected chi connectivity index (χ4v) is 3.96. The molecular formula is C21H29N3O4. The summed E-state index contributed by atoms with van der Waals surface area (Å²) in [7, 11) is 1.59. The molecule has 1 aliphatic heterocycles. The Morgan fingerprint density at radius 1 is 1.18 bits per heavy atom. The molecule has 1 saturated carbocycles. The zero-order valence-corrected chi connectivity index (χ0v) is 16.4. The molecule has 7 nitrogen and oxygen atoms in total. The maximum Gasteiger partial charge on any atom is 0.324 e. The number of carbonyl (C=O) groups excluding carboxylic acids is 3. The van der Waals surface area contributed by atoms with Crippen LogP contribution < -0.4 is 15.4 Å². The highest BCUT2D eigenvalue weighted by Crippen LogP contribution is 2.20. The van der Waals surface area contributed by atoms with Gasteiger partial charge in [-0.25, -0.2) is 4.79 Å². The van der Waals surface area contributed by atoms with Crippen LogP contribution in [0.25, 0.3) is 0 Å². The van der Waals surface area contributed by atoms with Gasteiger partial charge in [-0.05, 0) is 30.9 Å². The second-order valence-electron chi connectivity index (χ2n) is 7.51. The minimum absolute atomic E-state index is 0.00771. The summed E-state index contributed by atoms with van der Waals surface area (Å²) in [5.41, 5.74) is 0.931. The number of rotatable bonds is 7. The van der Waals surface area contributed by atoms with Crippen molar-refractivity contribution in [2.45, 2.75) is 63.5 Å². The summed E-state index contributed by atoms with van der Waals surface area (Å²) < 4.78 is 5.31. The number of imide groups is 1. The van der Waals surface area contributed by atoms with E-state index in [0.29, 0.717) is 6.42 Å². The molecule has 0 radical (unpaired) electrons. The van der Waals surface area contributed by atoms with E-state index >= 15 is 0 Å². The second-order valence-corrected chi connectivity index (χ2v) is 7.51. The van der Waals surface area contributed by atoms with E-state index in [0.717, 1.165) is 37.0 Å². The lowest BCUT2D eigenvalue weighted by Crippen LogP contribution is -2.40. The maximum absolute atomic E-state index is 12.6. The van der Waals surface area contributed by atoms with Crippen LogP contribution in [0.3, 0.4) is 0 Å². The first kappa shape index (κ1) is 20.2. The highest BCUT2D eigenvalue weighted by Gasteiger charge is 2.39. The van der Waals surface area contributed by atoms with Crippen molar-refractivity contribution in [3.05, 3.63) is 29.8 Å². The zero-order valence-electron chi connectivity index (χ0n) is 16.4. The van der Waals surface area contributed by atoms with Crippen LogP contribution in [0.5, 0.6) is 5.75 Å². The number of nitrogens with zero attached hydrogens (tertiary/aromatic N) is 1. The molecule has 2 aliphatic rings. The summed E-state index contributed by atoms with van der Waals surface area (Å²) >= 11 is 0. The fraction of sp³-hybridized carbons (Fsp3) is 0.571. The molecule has 2 fully saturated rings. The smallest absolute Gasteiger partial charge is 0.324 e. The van der Waals surface area contributed by atoms with Gasteiger partial charge in [-0.15, -0.1) is 0 Å². The molecule has 1 heterocycles. The number of hydrogen-bond donors (Lipinski definition) is 2. The number of carbonyl (C=O) groups is 3. The molecule has 1 saturated heterocycles. The predicted molar refractivity (Wildman–Crippen MR) is 105 cm³/mol. The van der Waals surface area contributed by atoms with Crippen LogP contribution in [0.4, 0.5) is 4.79 Å². The predicted octanol–water partition coefficient (Wildman–Crippen LogP) is 2.39. The monoisotopic (exact) mass is 387 g/mol. The van der Waals surface area contributed by atoms with Crippen LogP contribution in [0.1, 0.15) is 50.5 Å². The van der Waals surface area contributed by atoms with E-state index in [1.807, 2.05) is 24.3 Å². The maximum atomic E-state index is 12.6. The van der Waals surface area contributed by atoms with Gasteiger partial charge < -0.3 is 15.4 Å². The molecule has 2 N–H and O–H groups in total. The van der Waals surface area contributed by atoms with E-state index in [1.54, 1.807) is 7.11 Å². The molecule has 0 spiro atoms. The van der Waals surface area contributed by atoms with Crippen LogP contribution in [0, 0.1) is 0 Å². The minimum atomic E-state index is -0.782. The van der Waals surface area contributed by atoms with E-state index in [-0.39, 0.29) is 30.8 Å². The first-order valence-corrected chi connectivity index (χ1v) is 10.1. The largest absolute Gasteiger partial charge is 0.496 e. The van der Waals surface area contributed by atoms with Crippen molar-refractivity contribution in [3.63, 3.8) is 0 Å². The lowest BCUT2D eigenvalue weighted by Gasteiger charge is -2.17. The number of ether oxygens (including phenoxy) is 1. The Morgan fingerprint density at radius 3 is 2.61 bits per heavy atom. The normalized spacial score (nSPS) is 20.6. The fourth-order valence-electron chi connectivity index (χ4n) is 3.96. The summed E-state index contributed by atoms with van der Waals surface area (Å²) in [6.07, 6.45) is 7.15. The molecule has 1 atom stereocenters. The quantitative estimate of drug-likeness (QED) is 0.555. The van der Waals surface area contributed by atoms with Crippen LogP contribution in [0.2, 0.25) is 0 Å². The van der Waals surface area contributed by atoms with Gasteiger partial charge in [-0.2, -0.15) is 0 Å². The third kappa shape index (κ3) is 5.03. The number of amides is 4. The van der Waals surface area contributed by atoms with Crippen molar-refractivity contribution in [2.75, 3.05) is 13.7 Å². The lowest BCUT2D eigenvalue weighted by molar-refractivity contribution is -0.131. The van der Waals surface area contributed by atoms with Gasteiger partial charge in [-0.1, -0.05) is 43.9 Å². The summed E-state index contributed by atoms with van der Waals surface area (Å²) in [5.74, 6) is 0.224. The molecular weight excluding hydrogens is 358 g/mol. The molecule has 1 aliphatic carbocycles. The van der Waals surface area contributed by atoms with Crippen molar-refractivity contribution in [2.24, 2.45) is 0 Å². The summed E-state index contributed by atoms with van der Waals surface area (Å²) in [4.78, 5) is 38.4. The van der Waals surface area contributed by atoms with Gasteiger partial charge in [0.05, 0.1) is 13.5 Å². The average Bonchev–Trinajstić information content (AvgIpc) is 2.85. The zero-order chi connectivity index (χ0) is 19.9. The number of hydrogen-bond acceptors (Lipinski definition) is 4. The Balaban J connectivity index is 1.52. The van der Waals surface area contributed by atoms with E-state index < -0.39 is 12.1 Å². The van der Waals surface area contributed by atoms with Crippen molar-refractivity contribution in [1.82, 2.24) is 15.5 Å². The molecule has 4 amide bonds. The molecule has 0 unspecified atom stereocenters. The van der Waals surface area contributed by atoms with Gasteiger partial charge in [-0.3, -0.25) is 14.5 Å². The Morgan fingerprint density at radius 2 is 1.89 bits per heavy atom. The van der Waals surface area contributed by atoms with Gasteiger partial charge >= 0.3 is 6.03 Å². The number of para-hydroxylation sites is 1. The van der Waals surface area contributed by atoms with Gasteiger partial charge in [0.2, 0.25) is 5.91 Å². The van der Waals surface area contributed by atoms with Crippen molar-refractivity contribution in [1.29, 1.82) is 0 Å². The van der Waals surface area contributed by atoms with Crippen LogP contribution in [0.15, 0.2) is 24.3 Å². The van der Waals surface area contributed by atoms with Gasteiger partial charge in [0.15, 0.2) is 0 Å².